The molecule has 5 nitrogen and oxygen atoms in total. The molecule has 2 heterocycles. The fraction of sp³-hybridized carbons (Fsp3) is 0.357. The first-order valence-electron chi connectivity index (χ1n) is 6.38. The Hall–Kier alpha value is -1.56. The number of H-pyrrole nitrogens is 1. The van der Waals surface area contributed by atoms with Crippen LogP contribution >= 0.6 is 12.4 Å². The number of halogens is 1. The van der Waals surface area contributed by atoms with Crippen molar-refractivity contribution in [3.8, 4) is 0 Å². The van der Waals surface area contributed by atoms with E-state index in [2.05, 4.69) is 9.88 Å². The number of aromatic amines is 1. The molecule has 2 aromatic rings. The van der Waals surface area contributed by atoms with E-state index in [0.717, 1.165) is 49.3 Å². The Morgan fingerprint density at radius 1 is 1.35 bits per heavy atom. The van der Waals surface area contributed by atoms with E-state index in [9.17, 15) is 9.90 Å². The first-order chi connectivity index (χ1) is 9.25. The lowest BCUT2D eigenvalue weighted by Crippen LogP contribution is -2.35. The number of fused-ring (bicyclic) bond motifs is 1. The van der Waals surface area contributed by atoms with Crippen molar-refractivity contribution in [2.45, 2.75) is 6.54 Å². The Morgan fingerprint density at radius 2 is 2.10 bits per heavy atom. The summed E-state index contributed by atoms with van der Waals surface area (Å²) in [5.74, 6) is -0.881. The van der Waals surface area contributed by atoms with Crippen molar-refractivity contribution in [3.63, 3.8) is 0 Å². The molecule has 1 aromatic heterocycles. The summed E-state index contributed by atoms with van der Waals surface area (Å²) in [5.41, 5.74) is 2.28. The topological polar surface area (TPSA) is 65.6 Å². The molecule has 20 heavy (non-hydrogen) atoms. The standard InChI is InChI=1S/C14H16N2O3.ClH/c17-14(18)11-2-1-3-12-13(11)10(8-15-12)9-16-4-6-19-7-5-16;/h1-3,8,15H,4-7,9H2,(H,17,18);1H. The maximum Gasteiger partial charge on any atom is 0.336 e. The smallest absolute Gasteiger partial charge is 0.336 e. The SMILES string of the molecule is Cl.O=C(O)c1cccc2[nH]cc(CN3CCOCC3)c12. The normalized spacial score (nSPS) is 16.0. The van der Waals surface area contributed by atoms with E-state index in [1.54, 1.807) is 12.1 Å². The van der Waals surface area contributed by atoms with Crippen LogP contribution in [0, 0.1) is 0 Å². The van der Waals surface area contributed by atoms with Crippen LogP contribution in [0.3, 0.4) is 0 Å². The maximum atomic E-state index is 11.3. The molecule has 1 aliphatic heterocycles. The average molecular weight is 297 g/mol. The zero-order valence-corrected chi connectivity index (χ0v) is 11.8. The number of carboxylic acid groups (broad SMARTS) is 1. The molecule has 1 fully saturated rings. The summed E-state index contributed by atoms with van der Waals surface area (Å²) in [6.07, 6.45) is 1.91. The minimum absolute atomic E-state index is 0. The summed E-state index contributed by atoms with van der Waals surface area (Å²) in [4.78, 5) is 16.7. The van der Waals surface area contributed by atoms with E-state index in [1.165, 1.54) is 0 Å². The zero-order chi connectivity index (χ0) is 13.2. The zero-order valence-electron chi connectivity index (χ0n) is 11.0. The highest BCUT2D eigenvalue weighted by Crippen LogP contribution is 2.24. The quantitative estimate of drug-likeness (QED) is 0.910. The summed E-state index contributed by atoms with van der Waals surface area (Å²) in [6, 6.07) is 5.33. The molecule has 6 heteroatoms. The first kappa shape index (κ1) is 14.8. The highest BCUT2D eigenvalue weighted by molar-refractivity contribution is 6.04. The maximum absolute atomic E-state index is 11.3. The highest BCUT2D eigenvalue weighted by atomic mass is 35.5. The highest BCUT2D eigenvalue weighted by Gasteiger charge is 2.17. The molecule has 2 N–H and O–H groups in total. The summed E-state index contributed by atoms with van der Waals surface area (Å²) in [5, 5.41) is 10.1. The number of carbonyl (C=O) groups is 1. The van der Waals surface area contributed by atoms with E-state index in [-0.39, 0.29) is 12.4 Å². The first-order valence-corrected chi connectivity index (χ1v) is 6.38. The molecule has 0 bridgehead atoms. The number of benzene rings is 1. The molecule has 1 aromatic carbocycles. The lowest BCUT2D eigenvalue weighted by atomic mass is 10.1. The van der Waals surface area contributed by atoms with Crippen LogP contribution in [-0.4, -0.2) is 47.3 Å². The molecular formula is C14H17ClN2O3. The van der Waals surface area contributed by atoms with Gasteiger partial charge >= 0.3 is 5.97 Å². The van der Waals surface area contributed by atoms with Crippen molar-refractivity contribution in [3.05, 3.63) is 35.5 Å². The van der Waals surface area contributed by atoms with Crippen molar-refractivity contribution in [2.24, 2.45) is 0 Å². The van der Waals surface area contributed by atoms with Gasteiger partial charge in [0.05, 0.1) is 18.8 Å². The van der Waals surface area contributed by atoms with Gasteiger partial charge in [-0.3, -0.25) is 4.90 Å². The van der Waals surface area contributed by atoms with Gasteiger partial charge in [-0.2, -0.15) is 0 Å². The van der Waals surface area contributed by atoms with Crippen LogP contribution in [0.15, 0.2) is 24.4 Å². The van der Waals surface area contributed by atoms with Crippen LogP contribution in [0.1, 0.15) is 15.9 Å². The van der Waals surface area contributed by atoms with Crippen LogP contribution < -0.4 is 0 Å². The van der Waals surface area contributed by atoms with Crippen molar-refractivity contribution in [2.75, 3.05) is 26.3 Å². The van der Waals surface area contributed by atoms with E-state index in [0.29, 0.717) is 5.56 Å². The van der Waals surface area contributed by atoms with Crippen molar-refractivity contribution < 1.29 is 14.6 Å². The van der Waals surface area contributed by atoms with Gasteiger partial charge in [-0.1, -0.05) is 6.07 Å². The molecule has 0 atom stereocenters. The van der Waals surface area contributed by atoms with E-state index in [4.69, 9.17) is 4.74 Å². The second kappa shape index (κ2) is 6.26. The molecular weight excluding hydrogens is 280 g/mol. The van der Waals surface area contributed by atoms with Crippen LogP contribution in [-0.2, 0) is 11.3 Å². The average Bonchev–Trinajstić information content (AvgIpc) is 2.83. The number of hydrogen-bond donors (Lipinski definition) is 2. The number of nitrogens with zero attached hydrogens (tertiary/aromatic N) is 1. The van der Waals surface area contributed by atoms with Crippen LogP contribution in [0.2, 0.25) is 0 Å². The minimum atomic E-state index is -0.881. The lowest BCUT2D eigenvalue weighted by Gasteiger charge is -2.26. The Labute approximate surface area is 122 Å². The fourth-order valence-corrected chi connectivity index (χ4v) is 2.56. The number of aromatic nitrogens is 1. The third-order valence-electron chi connectivity index (χ3n) is 3.52. The van der Waals surface area contributed by atoms with Gasteiger partial charge in [0.1, 0.15) is 0 Å². The molecule has 108 valence electrons. The Balaban J connectivity index is 0.00000147. The van der Waals surface area contributed by atoms with Crippen molar-refractivity contribution in [1.29, 1.82) is 0 Å². The largest absolute Gasteiger partial charge is 0.478 e. The molecule has 0 amide bonds. The summed E-state index contributed by atoms with van der Waals surface area (Å²) >= 11 is 0. The number of rotatable bonds is 3. The number of hydrogen-bond acceptors (Lipinski definition) is 3. The lowest BCUT2D eigenvalue weighted by molar-refractivity contribution is 0.0343. The second-order valence-electron chi connectivity index (χ2n) is 4.74. The number of ether oxygens (including phenoxy) is 1. The van der Waals surface area contributed by atoms with Gasteiger partial charge in [0.15, 0.2) is 0 Å². The van der Waals surface area contributed by atoms with Crippen LogP contribution in [0.25, 0.3) is 10.9 Å². The molecule has 0 radical (unpaired) electrons. The van der Waals surface area contributed by atoms with Gasteiger partial charge in [-0.25, -0.2) is 4.79 Å². The van der Waals surface area contributed by atoms with Crippen LogP contribution in [0.4, 0.5) is 0 Å². The number of carboxylic acids is 1. The summed E-state index contributed by atoms with van der Waals surface area (Å²) in [7, 11) is 0. The van der Waals surface area contributed by atoms with Gasteiger partial charge in [0, 0.05) is 36.7 Å². The van der Waals surface area contributed by atoms with Crippen molar-refractivity contribution >= 4 is 29.3 Å². The van der Waals surface area contributed by atoms with Gasteiger partial charge in [0.25, 0.3) is 0 Å². The number of nitrogens with one attached hydrogen (secondary N) is 1. The van der Waals surface area contributed by atoms with Gasteiger partial charge < -0.3 is 14.8 Å². The Bertz CT molecular complexity index is 605. The Morgan fingerprint density at radius 3 is 2.80 bits per heavy atom. The van der Waals surface area contributed by atoms with Gasteiger partial charge in [-0.05, 0) is 17.7 Å². The number of morpholine rings is 1. The second-order valence-corrected chi connectivity index (χ2v) is 4.74. The van der Waals surface area contributed by atoms with E-state index < -0.39 is 5.97 Å². The van der Waals surface area contributed by atoms with E-state index >= 15 is 0 Å². The molecule has 0 saturated carbocycles. The van der Waals surface area contributed by atoms with E-state index in [1.807, 2.05) is 12.3 Å². The predicted octanol–water partition coefficient (Wildman–Crippen LogP) is 2.12. The van der Waals surface area contributed by atoms with Gasteiger partial charge in [0.2, 0.25) is 0 Å². The molecule has 0 aliphatic carbocycles. The minimum Gasteiger partial charge on any atom is -0.478 e. The molecule has 1 saturated heterocycles. The van der Waals surface area contributed by atoms with Crippen molar-refractivity contribution in [1.82, 2.24) is 9.88 Å². The molecule has 0 unspecified atom stereocenters. The third-order valence-corrected chi connectivity index (χ3v) is 3.52. The molecule has 0 spiro atoms. The Kier molecular flexibility index (Phi) is 4.65. The van der Waals surface area contributed by atoms with Gasteiger partial charge in [-0.15, -0.1) is 12.4 Å². The summed E-state index contributed by atoms with van der Waals surface area (Å²) < 4.78 is 5.32. The summed E-state index contributed by atoms with van der Waals surface area (Å²) in [6.45, 7) is 4.03. The van der Waals surface area contributed by atoms with Crippen LogP contribution in [0.5, 0.6) is 0 Å². The molecule has 1 aliphatic rings. The number of aromatic carboxylic acids is 1. The molecule has 3 rings (SSSR count). The fourth-order valence-electron chi connectivity index (χ4n) is 2.56. The predicted molar refractivity (Wildman–Crippen MR) is 78.6 cm³/mol. The third kappa shape index (κ3) is 2.80. The monoisotopic (exact) mass is 296 g/mol.